The quantitative estimate of drug-likeness (QED) is 0.797. The molecule has 2 N–H and O–H groups in total. The average molecular weight is 304 g/mol. The molecule has 0 bridgehead atoms. The molecule has 1 aromatic rings. The molecule has 1 saturated heterocycles. The van der Waals surface area contributed by atoms with E-state index >= 15 is 0 Å². The maximum Gasteiger partial charge on any atom is 0.250 e. The molecule has 0 spiro atoms. The molecule has 2 heterocycles. The van der Waals surface area contributed by atoms with Crippen molar-refractivity contribution in [1.82, 2.24) is 10.0 Å². The lowest BCUT2D eigenvalue weighted by atomic mass is 10.2. The molecule has 0 aromatic carbocycles. The first-order valence-electron chi connectivity index (χ1n) is 6.51. The van der Waals surface area contributed by atoms with Crippen LogP contribution < -0.4 is 10.0 Å². The molecule has 19 heavy (non-hydrogen) atoms. The van der Waals surface area contributed by atoms with Gasteiger partial charge in [-0.15, -0.1) is 11.3 Å². The zero-order chi connectivity index (χ0) is 13.7. The molecule has 1 aliphatic rings. The first-order valence-corrected chi connectivity index (χ1v) is 8.87. The number of hydrogen-bond acceptors (Lipinski definition) is 5. The Morgan fingerprint density at radius 2 is 2.37 bits per heavy atom. The predicted molar refractivity (Wildman–Crippen MR) is 75.9 cm³/mol. The summed E-state index contributed by atoms with van der Waals surface area (Å²) in [5.74, 6) is 0. The van der Waals surface area contributed by atoms with Crippen molar-refractivity contribution in [2.45, 2.75) is 36.6 Å². The maximum absolute atomic E-state index is 12.1. The van der Waals surface area contributed by atoms with Gasteiger partial charge >= 0.3 is 0 Å². The van der Waals surface area contributed by atoms with Crippen molar-refractivity contribution in [1.29, 1.82) is 0 Å². The number of ether oxygens (including phenoxy) is 1. The van der Waals surface area contributed by atoms with Gasteiger partial charge in [0.25, 0.3) is 0 Å². The maximum atomic E-state index is 12.1. The summed E-state index contributed by atoms with van der Waals surface area (Å²) in [6.45, 7) is 4.69. The number of thiophene rings is 1. The Morgan fingerprint density at radius 3 is 3.05 bits per heavy atom. The fourth-order valence-electron chi connectivity index (χ4n) is 1.94. The van der Waals surface area contributed by atoms with Gasteiger partial charge in [0.15, 0.2) is 0 Å². The van der Waals surface area contributed by atoms with Gasteiger partial charge < -0.3 is 10.1 Å². The molecule has 0 radical (unpaired) electrons. The molecule has 2 rings (SSSR count). The third-order valence-electron chi connectivity index (χ3n) is 3.00. The van der Waals surface area contributed by atoms with Crippen LogP contribution in [0.15, 0.2) is 15.7 Å². The molecule has 0 amide bonds. The van der Waals surface area contributed by atoms with E-state index in [1.807, 2.05) is 12.3 Å². The van der Waals surface area contributed by atoms with Crippen molar-refractivity contribution in [3.63, 3.8) is 0 Å². The summed E-state index contributed by atoms with van der Waals surface area (Å²) in [6, 6.07) is 1.73. The van der Waals surface area contributed by atoms with E-state index in [1.54, 1.807) is 6.07 Å². The highest BCUT2D eigenvalue weighted by molar-refractivity contribution is 7.91. The van der Waals surface area contributed by atoms with Gasteiger partial charge in [0, 0.05) is 19.7 Å². The Labute approximate surface area is 118 Å². The van der Waals surface area contributed by atoms with E-state index in [2.05, 4.69) is 10.0 Å². The zero-order valence-corrected chi connectivity index (χ0v) is 12.6. The summed E-state index contributed by atoms with van der Waals surface area (Å²) >= 11 is 1.26. The van der Waals surface area contributed by atoms with Crippen LogP contribution in [0.1, 0.15) is 25.3 Å². The topological polar surface area (TPSA) is 67.4 Å². The Balaban J connectivity index is 1.92. The van der Waals surface area contributed by atoms with Crippen LogP contribution in [0.25, 0.3) is 0 Å². The smallest absolute Gasteiger partial charge is 0.250 e. The van der Waals surface area contributed by atoms with Crippen molar-refractivity contribution < 1.29 is 13.2 Å². The predicted octanol–water partition coefficient (Wildman–Crippen LogP) is 1.31. The lowest BCUT2D eigenvalue weighted by molar-refractivity contribution is 0.114. The standard InChI is InChI=1S/C12H20N2O3S2/c1-2-13-7-10-6-12(18-9-10)19(15,16)14-8-11-4-3-5-17-11/h6,9,11,13-14H,2-5,7-8H2,1H3. The van der Waals surface area contributed by atoms with E-state index in [9.17, 15) is 8.42 Å². The SMILES string of the molecule is CCNCc1csc(S(=O)(=O)NCC2CCCO2)c1. The summed E-state index contributed by atoms with van der Waals surface area (Å²) in [5.41, 5.74) is 1.00. The minimum Gasteiger partial charge on any atom is -0.377 e. The molecular weight excluding hydrogens is 284 g/mol. The highest BCUT2D eigenvalue weighted by Crippen LogP contribution is 2.20. The fourth-order valence-corrected chi connectivity index (χ4v) is 4.26. The summed E-state index contributed by atoms with van der Waals surface area (Å²) in [6.07, 6.45) is 1.97. The van der Waals surface area contributed by atoms with Gasteiger partial charge in [0.2, 0.25) is 10.0 Å². The summed E-state index contributed by atoms with van der Waals surface area (Å²) in [5, 5.41) is 5.06. The summed E-state index contributed by atoms with van der Waals surface area (Å²) in [7, 11) is -3.39. The Bertz CT molecular complexity index is 493. The summed E-state index contributed by atoms with van der Waals surface area (Å²) in [4.78, 5) is 0. The molecule has 0 aliphatic carbocycles. The van der Waals surface area contributed by atoms with Crippen molar-refractivity contribution >= 4 is 21.4 Å². The normalized spacial score (nSPS) is 19.9. The molecule has 1 atom stereocenters. The summed E-state index contributed by atoms with van der Waals surface area (Å²) < 4.78 is 32.6. The van der Waals surface area contributed by atoms with Crippen molar-refractivity contribution in [3.05, 3.63) is 17.0 Å². The van der Waals surface area contributed by atoms with Gasteiger partial charge in [-0.05, 0) is 36.4 Å². The monoisotopic (exact) mass is 304 g/mol. The second-order valence-electron chi connectivity index (χ2n) is 4.54. The lowest BCUT2D eigenvalue weighted by Crippen LogP contribution is -2.31. The van der Waals surface area contributed by atoms with Crippen LogP contribution in [0.2, 0.25) is 0 Å². The minimum absolute atomic E-state index is 0.0240. The molecule has 0 saturated carbocycles. The van der Waals surface area contributed by atoms with Crippen LogP contribution >= 0.6 is 11.3 Å². The van der Waals surface area contributed by atoms with Crippen LogP contribution in [0.4, 0.5) is 0 Å². The van der Waals surface area contributed by atoms with Crippen LogP contribution in [0.5, 0.6) is 0 Å². The van der Waals surface area contributed by atoms with Gasteiger partial charge in [-0.2, -0.15) is 0 Å². The first-order chi connectivity index (χ1) is 9.12. The number of sulfonamides is 1. The van der Waals surface area contributed by atoms with Crippen LogP contribution in [0.3, 0.4) is 0 Å². The van der Waals surface area contributed by atoms with E-state index in [1.165, 1.54) is 11.3 Å². The Morgan fingerprint density at radius 1 is 1.53 bits per heavy atom. The third kappa shape index (κ3) is 4.25. The highest BCUT2D eigenvalue weighted by Gasteiger charge is 2.21. The minimum atomic E-state index is -3.39. The Kier molecular flexibility index (Phi) is 5.35. The molecule has 1 aromatic heterocycles. The largest absolute Gasteiger partial charge is 0.377 e. The second kappa shape index (κ2) is 6.81. The van der Waals surface area contributed by atoms with Crippen LogP contribution in [-0.2, 0) is 21.3 Å². The third-order valence-corrected chi connectivity index (χ3v) is 5.91. The van der Waals surface area contributed by atoms with Crippen molar-refractivity contribution in [2.24, 2.45) is 0 Å². The van der Waals surface area contributed by atoms with Gasteiger partial charge in [-0.3, -0.25) is 0 Å². The van der Waals surface area contributed by atoms with Gasteiger partial charge in [0.1, 0.15) is 4.21 Å². The first kappa shape index (κ1) is 14.9. The van der Waals surface area contributed by atoms with E-state index < -0.39 is 10.0 Å². The molecule has 1 fully saturated rings. The van der Waals surface area contributed by atoms with E-state index in [0.717, 1.165) is 31.6 Å². The number of nitrogens with one attached hydrogen (secondary N) is 2. The van der Waals surface area contributed by atoms with E-state index in [-0.39, 0.29) is 6.10 Å². The molecule has 1 unspecified atom stereocenters. The zero-order valence-electron chi connectivity index (χ0n) is 11.0. The van der Waals surface area contributed by atoms with Crippen molar-refractivity contribution in [3.8, 4) is 0 Å². The van der Waals surface area contributed by atoms with Crippen LogP contribution in [-0.4, -0.2) is 34.2 Å². The van der Waals surface area contributed by atoms with Crippen molar-refractivity contribution in [2.75, 3.05) is 19.7 Å². The van der Waals surface area contributed by atoms with Gasteiger partial charge in [0.05, 0.1) is 6.10 Å². The van der Waals surface area contributed by atoms with E-state index in [0.29, 0.717) is 17.3 Å². The molecule has 108 valence electrons. The molecule has 7 heteroatoms. The molecule has 1 aliphatic heterocycles. The van der Waals surface area contributed by atoms with Gasteiger partial charge in [-0.1, -0.05) is 6.92 Å². The number of rotatable bonds is 7. The Hall–Kier alpha value is -0.470. The highest BCUT2D eigenvalue weighted by atomic mass is 32.2. The fraction of sp³-hybridized carbons (Fsp3) is 0.667. The average Bonchev–Trinajstić information content (AvgIpc) is 3.05. The van der Waals surface area contributed by atoms with Gasteiger partial charge in [-0.25, -0.2) is 13.1 Å². The molecule has 5 nitrogen and oxygen atoms in total. The lowest BCUT2D eigenvalue weighted by Gasteiger charge is -2.10. The van der Waals surface area contributed by atoms with Crippen LogP contribution in [0, 0.1) is 0 Å². The van der Waals surface area contributed by atoms with E-state index in [4.69, 9.17) is 4.74 Å². The number of hydrogen-bond donors (Lipinski definition) is 2. The molecular formula is C12H20N2O3S2. The second-order valence-corrected chi connectivity index (χ2v) is 7.45.